The van der Waals surface area contributed by atoms with E-state index in [9.17, 15) is 0 Å². The van der Waals surface area contributed by atoms with Gasteiger partial charge >= 0.3 is 0 Å². The fraction of sp³-hybridized carbons (Fsp3) is 0.429. The Labute approximate surface area is 98.0 Å². The van der Waals surface area contributed by atoms with Gasteiger partial charge in [0, 0.05) is 19.5 Å². The molecule has 0 amide bonds. The molecule has 0 aromatic heterocycles. The van der Waals surface area contributed by atoms with E-state index in [0.717, 1.165) is 25.3 Å². The third-order valence-corrected chi connectivity index (χ3v) is 2.14. The highest BCUT2D eigenvalue weighted by atomic mass is 16.5. The van der Waals surface area contributed by atoms with Crippen LogP contribution in [0.15, 0.2) is 24.3 Å². The third-order valence-electron chi connectivity index (χ3n) is 2.14. The topological polar surface area (TPSA) is 21.3 Å². The summed E-state index contributed by atoms with van der Waals surface area (Å²) in [6, 6.07) is 8.17. The first-order valence-corrected chi connectivity index (χ1v) is 5.69. The fourth-order valence-electron chi connectivity index (χ4n) is 1.42. The van der Waals surface area contributed by atoms with Gasteiger partial charge in [-0.05, 0) is 31.5 Å². The maximum Gasteiger partial charge on any atom is 0.119 e. The van der Waals surface area contributed by atoms with Gasteiger partial charge in [-0.2, -0.15) is 0 Å². The monoisotopic (exact) mass is 217 g/mol. The van der Waals surface area contributed by atoms with E-state index in [1.165, 1.54) is 5.56 Å². The Hall–Kier alpha value is -1.46. The fourth-order valence-corrected chi connectivity index (χ4v) is 1.42. The Morgan fingerprint density at radius 3 is 3.00 bits per heavy atom. The highest BCUT2D eigenvalue weighted by Crippen LogP contribution is 2.12. The predicted octanol–water partition coefficient (Wildman–Crippen LogP) is 2.59. The van der Waals surface area contributed by atoms with Gasteiger partial charge in [-0.25, -0.2) is 0 Å². The van der Waals surface area contributed by atoms with Crippen molar-refractivity contribution in [3.63, 3.8) is 0 Å². The lowest BCUT2D eigenvalue weighted by atomic mass is 10.2. The van der Waals surface area contributed by atoms with Gasteiger partial charge in [0.1, 0.15) is 5.75 Å². The van der Waals surface area contributed by atoms with E-state index in [1.807, 2.05) is 26.0 Å². The summed E-state index contributed by atoms with van der Waals surface area (Å²) in [6.45, 7) is 6.37. The minimum Gasteiger partial charge on any atom is -0.494 e. The molecule has 0 saturated heterocycles. The van der Waals surface area contributed by atoms with Crippen LogP contribution in [-0.4, -0.2) is 13.2 Å². The summed E-state index contributed by atoms with van der Waals surface area (Å²) in [5.74, 6) is 6.85. The Morgan fingerprint density at radius 2 is 2.25 bits per heavy atom. The van der Waals surface area contributed by atoms with Gasteiger partial charge in [0.15, 0.2) is 0 Å². The Kier molecular flexibility index (Phi) is 6.13. The minimum atomic E-state index is 0.711. The van der Waals surface area contributed by atoms with Gasteiger partial charge < -0.3 is 10.1 Å². The average molecular weight is 217 g/mol. The molecule has 1 aromatic carbocycles. The molecule has 2 heteroatoms. The summed E-state index contributed by atoms with van der Waals surface area (Å²) in [6.07, 6.45) is 0.904. The molecule has 1 rings (SSSR count). The summed E-state index contributed by atoms with van der Waals surface area (Å²) in [4.78, 5) is 0. The first kappa shape index (κ1) is 12.6. The zero-order valence-corrected chi connectivity index (χ0v) is 10.0. The van der Waals surface area contributed by atoms with Crippen LogP contribution in [-0.2, 0) is 6.54 Å². The van der Waals surface area contributed by atoms with Crippen LogP contribution in [0, 0.1) is 11.8 Å². The quantitative estimate of drug-likeness (QED) is 0.584. The summed E-state index contributed by atoms with van der Waals surface area (Å²) in [5.41, 5.74) is 1.25. The number of benzene rings is 1. The average Bonchev–Trinajstić information content (AvgIpc) is 2.30. The van der Waals surface area contributed by atoms with Gasteiger partial charge in [0.25, 0.3) is 0 Å². The zero-order valence-electron chi connectivity index (χ0n) is 10.0. The summed E-state index contributed by atoms with van der Waals surface area (Å²) >= 11 is 0. The van der Waals surface area contributed by atoms with Crippen molar-refractivity contribution in [2.24, 2.45) is 0 Å². The van der Waals surface area contributed by atoms with Gasteiger partial charge in [-0.3, -0.25) is 0 Å². The van der Waals surface area contributed by atoms with Gasteiger partial charge in [0.2, 0.25) is 0 Å². The standard InChI is InChI=1S/C14H19NO/c1-3-5-6-10-15-12-13-8-7-9-14(11-13)16-4-2/h7-9,11,15H,4,6,10,12H2,1-2H3. The highest BCUT2D eigenvalue weighted by molar-refractivity contribution is 5.28. The molecule has 86 valence electrons. The molecule has 0 aliphatic rings. The van der Waals surface area contributed by atoms with Crippen molar-refractivity contribution < 1.29 is 4.74 Å². The molecule has 0 saturated carbocycles. The van der Waals surface area contributed by atoms with Gasteiger partial charge in [-0.15, -0.1) is 11.8 Å². The molecule has 0 spiro atoms. The molecule has 0 radical (unpaired) electrons. The first-order valence-electron chi connectivity index (χ1n) is 5.69. The molecular formula is C14H19NO. The van der Waals surface area contributed by atoms with E-state index in [1.54, 1.807) is 0 Å². The second-order valence-electron chi connectivity index (χ2n) is 3.43. The summed E-state index contributed by atoms with van der Waals surface area (Å²) < 4.78 is 5.44. The smallest absolute Gasteiger partial charge is 0.119 e. The van der Waals surface area contributed by atoms with Crippen LogP contribution in [0.25, 0.3) is 0 Å². The van der Waals surface area contributed by atoms with Crippen molar-refractivity contribution in [3.8, 4) is 17.6 Å². The van der Waals surface area contributed by atoms with Crippen molar-refractivity contribution in [3.05, 3.63) is 29.8 Å². The lowest BCUT2D eigenvalue weighted by Gasteiger charge is -2.06. The predicted molar refractivity (Wildman–Crippen MR) is 67.4 cm³/mol. The first-order chi connectivity index (χ1) is 7.86. The van der Waals surface area contributed by atoms with E-state index in [4.69, 9.17) is 4.74 Å². The molecule has 0 bridgehead atoms. The molecule has 0 heterocycles. The Balaban J connectivity index is 2.34. The molecule has 0 atom stereocenters. The van der Waals surface area contributed by atoms with Crippen LogP contribution in [0.2, 0.25) is 0 Å². The molecule has 0 fully saturated rings. The lowest BCUT2D eigenvalue weighted by Crippen LogP contribution is -2.14. The van der Waals surface area contributed by atoms with E-state index in [0.29, 0.717) is 6.61 Å². The van der Waals surface area contributed by atoms with Crippen LogP contribution >= 0.6 is 0 Å². The van der Waals surface area contributed by atoms with Crippen LogP contribution in [0.3, 0.4) is 0 Å². The highest BCUT2D eigenvalue weighted by Gasteiger charge is 1.95. The molecule has 1 N–H and O–H groups in total. The number of ether oxygens (including phenoxy) is 1. The number of nitrogens with one attached hydrogen (secondary N) is 1. The van der Waals surface area contributed by atoms with E-state index in [-0.39, 0.29) is 0 Å². The van der Waals surface area contributed by atoms with E-state index >= 15 is 0 Å². The third kappa shape index (κ3) is 4.86. The van der Waals surface area contributed by atoms with Crippen LogP contribution in [0.4, 0.5) is 0 Å². The second kappa shape index (κ2) is 7.78. The van der Waals surface area contributed by atoms with Crippen LogP contribution in [0.1, 0.15) is 25.8 Å². The number of hydrogen-bond donors (Lipinski definition) is 1. The number of rotatable bonds is 6. The second-order valence-corrected chi connectivity index (χ2v) is 3.43. The van der Waals surface area contributed by atoms with Crippen molar-refractivity contribution in [2.45, 2.75) is 26.8 Å². The van der Waals surface area contributed by atoms with Crippen molar-refractivity contribution in [1.82, 2.24) is 5.32 Å². The van der Waals surface area contributed by atoms with Gasteiger partial charge in [0.05, 0.1) is 6.61 Å². The molecule has 2 nitrogen and oxygen atoms in total. The zero-order chi connectivity index (χ0) is 11.6. The van der Waals surface area contributed by atoms with Crippen LogP contribution in [0.5, 0.6) is 5.75 Å². The normalized spacial score (nSPS) is 9.38. The lowest BCUT2D eigenvalue weighted by molar-refractivity contribution is 0.340. The SMILES string of the molecule is CC#CCCNCc1cccc(OCC)c1. The molecule has 0 aliphatic heterocycles. The Bertz CT molecular complexity index is 362. The van der Waals surface area contributed by atoms with Crippen molar-refractivity contribution in [2.75, 3.05) is 13.2 Å². The molecular weight excluding hydrogens is 198 g/mol. The maximum atomic E-state index is 5.44. The molecule has 1 aromatic rings. The van der Waals surface area contributed by atoms with E-state index in [2.05, 4.69) is 29.3 Å². The molecule has 0 unspecified atom stereocenters. The molecule has 16 heavy (non-hydrogen) atoms. The largest absolute Gasteiger partial charge is 0.494 e. The minimum absolute atomic E-state index is 0.711. The van der Waals surface area contributed by atoms with Crippen molar-refractivity contribution >= 4 is 0 Å². The maximum absolute atomic E-state index is 5.44. The van der Waals surface area contributed by atoms with Gasteiger partial charge in [-0.1, -0.05) is 12.1 Å². The van der Waals surface area contributed by atoms with Crippen LogP contribution < -0.4 is 10.1 Å². The summed E-state index contributed by atoms with van der Waals surface area (Å²) in [7, 11) is 0. The van der Waals surface area contributed by atoms with Crippen molar-refractivity contribution in [1.29, 1.82) is 0 Å². The summed E-state index contributed by atoms with van der Waals surface area (Å²) in [5, 5.41) is 3.35. The number of hydrogen-bond acceptors (Lipinski definition) is 2. The van der Waals surface area contributed by atoms with E-state index < -0.39 is 0 Å². The molecule has 0 aliphatic carbocycles. The Morgan fingerprint density at radius 1 is 1.38 bits per heavy atom.